The average molecular weight is 349 g/mol. The van der Waals surface area contributed by atoms with E-state index in [1.807, 2.05) is 0 Å². The molecule has 1 N–H and O–H groups in total. The van der Waals surface area contributed by atoms with Crippen molar-refractivity contribution in [2.75, 3.05) is 11.9 Å². The lowest BCUT2D eigenvalue weighted by molar-refractivity contribution is -0.115. The fraction of sp³-hybridized carbons (Fsp3) is 0.222. The number of rotatable bonds is 7. The van der Waals surface area contributed by atoms with Crippen molar-refractivity contribution in [1.82, 2.24) is 0 Å². The number of esters is 1. The third kappa shape index (κ3) is 5.87. The molecule has 2 aromatic carbocycles. The first kappa shape index (κ1) is 18.4. The standard InChI is InChI=1S/C18H17F2NO4/c1-2-24-17(23)13-6-4-7-14(11-13)21-16(22)10-12-5-3-8-15(9-12)25-18(19)20/h3-9,11,18H,2,10H2,1H3,(H,21,22). The Morgan fingerprint density at radius 1 is 1.12 bits per heavy atom. The normalized spacial score (nSPS) is 10.4. The molecule has 25 heavy (non-hydrogen) atoms. The highest BCUT2D eigenvalue weighted by Crippen LogP contribution is 2.17. The van der Waals surface area contributed by atoms with Crippen molar-refractivity contribution in [3.05, 3.63) is 59.7 Å². The Balaban J connectivity index is 2.01. The molecule has 0 heterocycles. The number of halogens is 2. The predicted octanol–water partition coefficient (Wildman–Crippen LogP) is 3.65. The molecule has 2 rings (SSSR count). The van der Waals surface area contributed by atoms with Crippen molar-refractivity contribution in [2.45, 2.75) is 20.0 Å². The van der Waals surface area contributed by atoms with Gasteiger partial charge in [-0.1, -0.05) is 18.2 Å². The molecular weight excluding hydrogens is 332 g/mol. The molecule has 0 unspecified atom stereocenters. The second kappa shape index (κ2) is 8.77. The van der Waals surface area contributed by atoms with E-state index in [1.165, 1.54) is 24.3 Å². The Hall–Kier alpha value is -2.96. The van der Waals surface area contributed by atoms with Crippen LogP contribution in [-0.2, 0) is 16.0 Å². The fourth-order valence-electron chi connectivity index (χ4n) is 2.16. The number of carbonyl (C=O) groups is 2. The first-order chi connectivity index (χ1) is 12.0. The van der Waals surface area contributed by atoms with Gasteiger partial charge in [0.2, 0.25) is 5.91 Å². The summed E-state index contributed by atoms with van der Waals surface area (Å²) in [4.78, 5) is 23.8. The summed E-state index contributed by atoms with van der Waals surface area (Å²) in [6.45, 7) is -0.961. The van der Waals surface area contributed by atoms with Crippen LogP contribution in [-0.4, -0.2) is 25.1 Å². The number of amides is 1. The maximum Gasteiger partial charge on any atom is 0.387 e. The van der Waals surface area contributed by atoms with Crippen molar-refractivity contribution in [1.29, 1.82) is 0 Å². The first-order valence-electron chi connectivity index (χ1n) is 7.58. The SMILES string of the molecule is CCOC(=O)c1cccc(NC(=O)Cc2cccc(OC(F)F)c2)c1. The van der Waals surface area contributed by atoms with Crippen LogP contribution in [0.15, 0.2) is 48.5 Å². The summed E-state index contributed by atoms with van der Waals surface area (Å²) < 4.78 is 33.6. The molecule has 0 aliphatic rings. The van der Waals surface area contributed by atoms with E-state index in [1.54, 1.807) is 31.2 Å². The summed E-state index contributed by atoms with van der Waals surface area (Å²) in [5.74, 6) is -0.838. The molecule has 7 heteroatoms. The minimum absolute atomic E-state index is 0.00962. The second-order valence-electron chi connectivity index (χ2n) is 5.05. The van der Waals surface area contributed by atoms with Gasteiger partial charge in [-0.05, 0) is 42.8 Å². The molecule has 0 aromatic heterocycles. The van der Waals surface area contributed by atoms with E-state index in [-0.39, 0.29) is 24.7 Å². The second-order valence-corrected chi connectivity index (χ2v) is 5.05. The van der Waals surface area contributed by atoms with Gasteiger partial charge in [-0.25, -0.2) is 4.79 Å². The van der Waals surface area contributed by atoms with Gasteiger partial charge in [0.1, 0.15) is 5.75 Å². The maximum atomic E-state index is 12.2. The highest BCUT2D eigenvalue weighted by atomic mass is 19.3. The van der Waals surface area contributed by atoms with Crippen molar-refractivity contribution in [2.24, 2.45) is 0 Å². The molecule has 0 fully saturated rings. The smallest absolute Gasteiger partial charge is 0.387 e. The summed E-state index contributed by atoms with van der Waals surface area (Å²) in [5.41, 5.74) is 1.29. The highest BCUT2D eigenvalue weighted by Gasteiger charge is 2.10. The van der Waals surface area contributed by atoms with Gasteiger partial charge in [0, 0.05) is 5.69 Å². The van der Waals surface area contributed by atoms with E-state index in [0.29, 0.717) is 16.8 Å². The molecule has 0 bridgehead atoms. The molecule has 132 valence electrons. The number of hydrogen-bond acceptors (Lipinski definition) is 4. The number of alkyl halides is 2. The number of ether oxygens (including phenoxy) is 2. The summed E-state index contributed by atoms with van der Waals surface area (Å²) in [6, 6.07) is 12.3. The zero-order valence-corrected chi connectivity index (χ0v) is 13.5. The molecule has 0 radical (unpaired) electrons. The Kier molecular flexibility index (Phi) is 6.45. The lowest BCUT2D eigenvalue weighted by Gasteiger charge is -2.09. The van der Waals surface area contributed by atoms with Gasteiger partial charge in [0.25, 0.3) is 0 Å². The van der Waals surface area contributed by atoms with Crippen LogP contribution in [0.5, 0.6) is 5.75 Å². The molecule has 5 nitrogen and oxygen atoms in total. The summed E-state index contributed by atoms with van der Waals surface area (Å²) >= 11 is 0. The van der Waals surface area contributed by atoms with Crippen LogP contribution in [0.3, 0.4) is 0 Å². The van der Waals surface area contributed by atoms with E-state index in [4.69, 9.17) is 4.74 Å². The van der Waals surface area contributed by atoms with Crippen molar-refractivity contribution in [3.8, 4) is 5.75 Å². The van der Waals surface area contributed by atoms with Crippen LogP contribution < -0.4 is 10.1 Å². The van der Waals surface area contributed by atoms with Gasteiger partial charge in [0.05, 0.1) is 18.6 Å². The van der Waals surface area contributed by atoms with E-state index in [0.717, 1.165) is 0 Å². The van der Waals surface area contributed by atoms with Crippen LogP contribution in [0.25, 0.3) is 0 Å². The van der Waals surface area contributed by atoms with Gasteiger partial charge in [0.15, 0.2) is 0 Å². The first-order valence-corrected chi connectivity index (χ1v) is 7.58. The number of carbonyl (C=O) groups excluding carboxylic acids is 2. The monoisotopic (exact) mass is 349 g/mol. The summed E-state index contributed by atoms with van der Waals surface area (Å²) in [5, 5.41) is 2.65. The van der Waals surface area contributed by atoms with Gasteiger partial charge < -0.3 is 14.8 Å². The molecule has 0 aliphatic heterocycles. The zero-order valence-electron chi connectivity index (χ0n) is 13.5. The van der Waals surface area contributed by atoms with Crippen LogP contribution in [0, 0.1) is 0 Å². The molecule has 1 amide bonds. The number of hydrogen-bond donors (Lipinski definition) is 1. The van der Waals surface area contributed by atoms with Gasteiger partial charge in [-0.15, -0.1) is 0 Å². The maximum absolute atomic E-state index is 12.2. The van der Waals surface area contributed by atoms with E-state index in [9.17, 15) is 18.4 Å². The Morgan fingerprint density at radius 3 is 2.60 bits per heavy atom. The number of nitrogens with one attached hydrogen (secondary N) is 1. The topological polar surface area (TPSA) is 64.6 Å². The van der Waals surface area contributed by atoms with Gasteiger partial charge in [-0.3, -0.25) is 4.79 Å². The largest absolute Gasteiger partial charge is 0.462 e. The predicted molar refractivity (Wildman–Crippen MR) is 87.8 cm³/mol. The van der Waals surface area contributed by atoms with E-state index < -0.39 is 12.6 Å². The van der Waals surface area contributed by atoms with Gasteiger partial charge in [-0.2, -0.15) is 8.78 Å². The third-order valence-electron chi connectivity index (χ3n) is 3.15. The number of anilines is 1. The van der Waals surface area contributed by atoms with Crippen LogP contribution >= 0.6 is 0 Å². The number of benzene rings is 2. The summed E-state index contributed by atoms with van der Waals surface area (Å²) in [6.07, 6.45) is -0.0237. The lowest BCUT2D eigenvalue weighted by atomic mass is 10.1. The Labute approximate surface area is 143 Å². The van der Waals surface area contributed by atoms with Crippen LogP contribution in [0.2, 0.25) is 0 Å². The van der Waals surface area contributed by atoms with Crippen LogP contribution in [0.1, 0.15) is 22.8 Å². The highest BCUT2D eigenvalue weighted by molar-refractivity contribution is 5.95. The molecule has 0 spiro atoms. The molecule has 2 aromatic rings. The average Bonchev–Trinajstić information content (AvgIpc) is 2.55. The fourth-order valence-corrected chi connectivity index (χ4v) is 2.16. The summed E-state index contributed by atoms with van der Waals surface area (Å²) in [7, 11) is 0. The van der Waals surface area contributed by atoms with Crippen molar-refractivity contribution >= 4 is 17.6 Å². The minimum Gasteiger partial charge on any atom is -0.462 e. The molecule has 0 aliphatic carbocycles. The van der Waals surface area contributed by atoms with Gasteiger partial charge >= 0.3 is 12.6 Å². The van der Waals surface area contributed by atoms with Crippen molar-refractivity contribution in [3.63, 3.8) is 0 Å². The van der Waals surface area contributed by atoms with E-state index in [2.05, 4.69) is 10.1 Å². The molecule has 0 saturated carbocycles. The molecule has 0 saturated heterocycles. The quantitative estimate of drug-likeness (QED) is 0.775. The minimum atomic E-state index is -2.92. The Bertz CT molecular complexity index is 749. The Morgan fingerprint density at radius 2 is 1.88 bits per heavy atom. The van der Waals surface area contributed by atoms with Crippen LogP contribution in [0.4, 0.5) is 14.5 Å². The molecular formula is C18H17F2NO4. The third-order valence-corrected chi connectivity index (χ3v) is 3.15. The van der Waals surface area contributed by atoms with Crippen molar-refractivity contribution < 1.29 is 27.8 Å². The zero-order chi connectivity index (χ0) is 18.2. The molecule has 0 atom stereocenters. The van der Waals surface area contributed by atoms with E-state index >= 15 is 0 Å². The lowest BCUT2D eigenvalue weighted by Crippen LogP contribution is -2.15.